The van der Waals surface area contributed by atoms with Gasteiger partial charge in [-0.1, -0.05) is 19.9 Å². The van der Waals surface area contributed by atoms with E-state index in [1.165, 1.54) is 11.3 Å². The molecule has 0 aliphatic carbocycles. The molecule has 0 spiro atoms. The van der Waals surface area contributed by atoms with Crippen molar-refractivity contribution < 1.29 is 9.59 Å². The lowest BCUT2D eigenvalue weighted by Gasteiger charge is -2.22. The van der Waals surface area contributed by atoms with Gasteiger partial charge in [0.05, 0.1) is 13.0 Å². The van der Waals surface area contributed by atoms with Crippen molar-refractivity contribution in [2.45, 2.75) is 33.6 Å². The number of hydrogen-bond acceptors (Lipinski definition) is 5. The molecule has 0 saturated carbocycles. The summed E-state index contributed by atoms with van der Waals surface area (Å²) < 4.78 is 0. The van der Waals surface area contributed by atoms with Crippen LogP contribution in [0.3, 0.4) is 0 Å². The number of nitrogens with zero attached hydrogens (tertiary/aromatic N) is 2. The fourth-order valence-corrected chi connectivity index (χ4v) is 3.50. The normalized spacial score (nSPS) is 10.8. The van der Waals surface area contributed by atoms with E-state index in [1.807, 2.05) is 24.4 Å². The van der Waals surface area contributed by atoms with E-state index in [-0.39, 0.29) is 18.4 Å². The van der Waals surface area contributed by atoms with E-state index in [9.17, 15) is 9.59 Å². The molecule has 5 nitrogen and oxygen atoms in total. The third kappa shape index (κ3) is 6.05. The Morgan fingerprint density at radius 3 is 2.75 bits per heavy atom. The third-order valence-electron chi connectivity index (χ3n) is 3.44. The molecular weight excluding hydrogens is 342 g/mol. The molecule has 2 amide bonds. The number of aromatic nitrogens is 1. The summed E-state index contributed by atoms with van der Waals surface area (Å²) in [7, 11) is 0. The molecule has 0 aliphatic heterocycles. The highest BCUT2D eigenvalue weighted by atomic mass is 32.1. The number of hydrogen-bond donors (Lipinski definition) is 1. The number of thiazole rings is 1. The summed E-state index contributed by atoms with van der Waals surface area (Å²) in [5, 5.41) is 5.30. The Labute approximate surface area is 150 Å². The number of carbonyl (C=O) groups is 2. The molecule has 2 heterocycles. The summed E-state index contributed by atoms with van der Waals surface area (Å²) in [4.78, 5) is 32.6. The summed E-state index contributed by atoms with van der Waals surface area (Å²) in [5.41, 5.74) is 0. The molecule has 1 N–H and O–H groups in total. The highest BCUT2D eigenvalue weighted by molar-refractivity contribution is 7.15. The molecule has 0 aliphatic rings. The van der Waals surface area contributed by atoms with Crippen molar-refractivity contribution in [2.75, 3.05) is 18.4 Å². The summed E-state index contributed by atoms with van der Waals surface area (Å²) in [6, 6.07) is 3.88. The molecule has 0 atom stereocenters. The van der Waals surface area contributed by atoms with Gasteiger partial charge in [0, 0.05) is 22.5 Å². The quantitative estimate of drug-likeness (QED) is 0.778. The first-order valence-corrected chi connectivity index (χ1v) is 9.66. The fraction of sp³-hybridized carbons (Fsp3) is 0.471. The SMILES string of the molecule is Cc1cnc(NC(=O)CN(CCC(C)C)C(=O)Cc2cccs2)s1. The number of carbonyl (C=O) groups excluding carboxylic acids is 2. The molecule has 24 heavy (non-hydrogen) atoms. The molecule has 2 rings (SSSR count). The van der Waals surface area contributed by atoms with E-state index < -0.39 is 0 Å². The van der Waals surface area contributed by atoms with Crippen LogP contribution in [-0.2, 0) is 16.0 Å². The van der Waals surface area contributed by atoms with Gasteiger partial charge in [-0.15, -0.1) is 22.7 Å². The van der Waals surface area contributed by atoms with Crippen molar-refractivity contribution in [2.24, 2.45) is 5.92 Å². The Hall–Kier alpha value is -1.73. The zero-order chi connectivity index (χ0) is 17.5. The fourth-order valence-electron chi connectivity index (χ4n) is 2.12. The molecule has 0 radical (unpaired) electrons. The smallest absolute Gasteiger partial charge is 0.245 e. The maximum Gasteiger partial charge on any atom is 0.245 e. The minimum atomic E-state index is -0.201. The molecule has 0 aromatic carbocycles. The van der Waals surface area contributed by atoms with Gasteiger partial charge < -0.3 is 10.2 Å². The Kier molecular flexibility index (Phi) is 6.93. The van der Waals surface area contributed by atoms with Crippen LogP contribution < -0.4 is 5.32 Å². The summed E-state index contributed by atoms with van der Waals surface area (Å²) in [5.74, 6) is 0.267. The van der Waals surface area contributed by atoms with Gasteiger partial charge in [-0.3, -0.25) is 9.59 Å². The van der Waals surface area contributed by atoms with Crippen LogP contribution in [0.25, 0.3) is 0 Å². The van der Waals surface area contributed by atoms with Crippen molar-refractivity contribution in [1.29, 1.82) is 0 Å². The number of nitrogens with one attached hydrogen (secondary N) is 1. The largest absolute Gasteiger partial charge is 0.333 e. The first kappa shape index (κ1) is 18.6. The highest BCUT2D eigenvalue weighted by Gasteiger charge is 2.19. The highest BCUT2D eigenvalue weighted by Crippen LogP contribution is 2.17. The van der Waals surface area contributed by atoms with Crippen LogP contribution in [0, 0.1) is 12.8 Å². The standard InChI is InChI=1S/C17H23N3O2S2/c1-12(2)6-7-20(16(22)9-14-5-4-8-23-14)11-15(21)19-17-18-10-13(3)24-17/h4-5,8,10,12H,6-7,9,11H2,1-3H3,(H,18,19,21). The molecule has 7 heteroatoms. The van der Waals surface area contributed by atoms with E-state index in [0.29, 0.717) is 24.0 Å². The topological polar surface area (TPSA) is 62.3 Å². The predicted molar refractivity (Wildman–Crippen MR) is 99.5 cm³/mol. The lowest BCUT2D eigenvalue weighted by Crippen LogP contribution is -2.39. The van der Waals surface area contributed by atoms with Gasteiger partial charge in [0.25, 0.3) is 0 Å². The Bertz CT molecular complexity index is 665. The van der Waals surface area contributed by atoms with Crippen molar-refractivity contribution >= 4 is 39.6 Å². The van der Waals surface area contributed by atoms with Crippen molar-refractivity contribution in [3.8, 4) is 0 Å². The van der Waals surface area contributed by atoms with E-state index in [2.05, 4.69) is 24.1 Å². The van der Waals surface area contributed by atoms with Crippen molar-refractivity contribution in [3.05, 3.63) is 33.5 Å². The second kappa shape index (κ2) is 8.94. The minimum Gasteiger partial charge on any atom is -0.333 e. The molecule has 2 aromatic rings. The summed E-state index contributed by atoms with van der Waals surface area (Å²) in [6.07, 6.45) is 2.94. The van der Waals surface area contributed by atoms with Crippen molar-refractivity contribution in [1.82, 2.24) is 9.88 Å². The van der Waals surface area contributed by atoms with Gasteiger partial charge in [0.15, 0.2) is 5.13 Å². The Morgan fingerprint density at radius 2 is 2.17 bits per heavy atom. The predicted octanol–water partition coefficient (Wildman–Crippen LogP) is 3.57. The molecule has 0 fully saturated rings. The molecule has 0 bridgehead atoms. The molecule has 0 saturated heterocycles. The van der Waals surface area contributed by atoms with E-state index in [4.69, 9.17) is 0 Å². The zero-order valence-electron chi connectivity index (χ0n) is 14.2. The maximum absolute atomic E-state index is 12.6. The van der Waals surface area contributed by atoms with Gasteiger partial charge in [-0.2, -0.15) is 0 Å². The van der Waals surface area contributed by atoms with Gasteiger partial charge in [-0.05, 0) is 30.7 Å². The number of aryl methyl sites for hydroxylation is 1. The summed E-state index contributed by atoms with van der Waals surface area (Å²) in [6.45, 7) is 6.81. The van der Waals surface area contributed by atoms with Gasteiger partial charge in [-0.25, -0.2) is 4.98 Å². The van der Waals surface area contributed by atoms with Crippen LogP contribution >= 0.6 is 22.7 Å². The van der Waals surface area contributed by atoms with E-state index in [0.717, 1.165) is 16.2 Å². The van der Waals surface area contributed by atoms with Crippen LogP contribution in [0.2, 0.25) is 0 Å². The molecule has 2 aromatic heterocycles. The minimum absolute atomic E-state index is 0.0106. The zero-order valence-corrected chi connectivity index (χ0v) is 15.9. The van der Waals surface area contributed by atoms with E-state index >= 15 is 0 Å². The number of thiophene rings is 1. The molecular formula is C17H23N3O2S2. The second-order valence-corrected chi connectivity index (χ2v) is 8.35. The lowest BCUT2D eigenvalue weighted by atomic mass is 10.1. The van der Waals surface area contributed by atoms with Gasteiger partial charge in [0.1, 0.15) is 0 Å². The van der Waals surface area contributed by atoms with Crippen LogP contribution in [0.4, 0.5) is 5.13 Å². The van der Waals surface area contributed by atoms with Crippen LogP contribution in [0.5, 0.6) is 0 Å². The number of anilines is 1. The van der Waals surface area contributed by atoms with Gasteiger partial charge in [0.2, 0.25) is 11.8 Å². The maximum atomic E-state index is 12.6. The molecule has 130 valence electrons. The van der Waals surface area contributed by atoms with E-state index in [1.54, 1.807) is 22.4 Å². The summed E-state index contributed by atoms with van der Waals surface area (Å²) >= 11 is 2.99. The van der Waals surface area contributed by atoms with Crippen LogP contribution in [0.1, 0.15) is 30.0 Å². The average molecular weight is 366 g/mol. The van der Waals surface area contributed by atoms with Crippen LogP contribution in [0.15, 0.2) is 23.7 Å². The first-order chi connectivity index (χ1) is 11.4. The Morgan fingerprint density at radius 1 is 1.38 bits per heavy atom. The first-order valence-electron chi connectivity index (χ1n) is 7.96. The van der Waals surface area contributed by atoms with Crippen molar-refractivity contribution in [3.63, 3.8) is 0 Å². The number of amides is 2. The Balaban J connectivity index is 1.96. The monoisotopic (exact) mass is 365 g/mol. The third-order valence-corrected chi connectivity index (χ3v) is 5.14. The molecule has 0 unspecified atom stereocenters. The van der Waals surface area contributed by atoms with Gasteiger partial charge >= 0.3 is 0 Å². The lowest BCUT2D eigenvalue weighted by molar-refractivity contribution is -0.134. The number of rotatable bonds is 8. The second-order valence-electron chi connectivity index (χ2n) is 6.08. The average Bonchev–Trinajstić information content (AvgIpc) is 3.15. The van der Waals surface area contributed by atoms with Crippen LogP contribution in [-0.4, -0.2) is 34.8 Å².